The zero-order chi connectivity index (χ0) is 19.9. The van der Waals surface area contributed by atoms with Crippen molar-refractivity contribution in [1.82, 2.24) is 0 Å². The maximum Gasteiger partial charge on any atom is 0.306 e. The van der Waals surface area contributed by atoms with Crippen LogP contribution in [0, 0.1) is 5.92 Å². The van der Waals surface area contributed by atoms with Gasteiger partial charge in [-0.3, -0.25) is 9.59 Å². The molecular weight excluding hydrogens is 368 g/mol. The molecule has 2 rings (SSSR count). The summed E-state index contributed by atoms with van der Waals surface area (Å²) in [6.45, 7) is 1.48. The third kappa shape index (κ3) is 7.30. The summed E-state index contributed by atoms with van der Waals surface area (Å²) in [4.78, 5) is 24.0. The molecule has 1 aromatic carbocycles. The third-order valence-corrected chi connectivity index (χ3v) is 5.74. The monoisotopic (exact) mass is 396 g/mol. The van der Waals surface area contributed by atoms with E-state index in [1.165, 1.54) is 63.3 Å². The Hall–Kier alpha value is -1.93. The van der Waals surface area contributed by atoms with Gasteiger partial charge in [-0.25, -0.2) is 13.6 Å². The number of sulfonamides is 1. The molecule has 0 spiro atoms. The summed E-state index contributed by atoms with van der Waals surface area (Å²) in [5, 5.41) is 7.60. The number of esters is 1. The number of amides is 1. The average molecular weight is 397 g/mol. The van der Waals surface area contributed by atoms with E-state index in [0.717, 1.165) is 12.8 Å². The van der Waals surface area contributed by atoms with E-state index in [4.69, 9.17) is 9.88 Å². The van der Waals surface area contributed by atoms with Crippen molar-refractivity contribution in [2.45, 2.75) is 69.3 Å². The van der Waals surface area contributed by atoms with Gasteiger partial charge in [0.25, 0.3) is 5.91 Å². The Morgan fingerprint density at radius 3 is 2.63 bits per heavy atom. The Morgan fingerprint density at radius 1 is 1.26 bits per heavy atom. The lowest BCUT2D eigenvalue weighted by atomic mass is 9.86. The van der Waals surface area contributed by atoms with E-state index in [2.05, 4.69) is 5.32 Å². The van der Waals surface area contributed by atoms with Crippen LogP contribution in [0.5, 0.6) is 0 Å². The van der Waals surface area contributed by atoms with Crippen molar-refractivity contribution in [3.8, 4) is 0 Å². The highest BCUT2D eigenvalue weighted by Crippen LogP contribution is 2.27. The van der Waals surface area contributed by atoms with Gasteiger partial charge in [-0.05, 0) is 43.9 Å². The summed E-state index contributed by atoms with van der Waals surface area (Å²) in [6, 6.07) is 5.59. The Balaban J connectivity index is 1.76. The number of benzene rings is 1. The second-order valence-corrected chi connectivity index (χ2v) is 8.65. The fraction of sp³-hybridized carbons (Fsp3) is 0.579. The zero-order valence-corrected chi connectivity index (χ0v) is 16.5. The lowest BCUT2D eigenvalue weighted by Crippen LogP contribution is -2.30. The first-order chi connectivity index (χ1) is 12.8. The average Bonchev–Trinajstić information content (AvgIpc) is 2.62. The van der Waals surface area contributed by atoms with Crippen LogP contribution in [-0.4, -0.2) is 26.4 Å². The molecule has 7 nitrogen and oxygen atoms in total. The van der Waals surface area contributed by atoms with Crippen molar-refractivity contribution in [3.05, 3.63) is 24.3 Å². The number of anilines is 1. The van der Waals surface area contributed by atoms with Crippen LogP contribution in [0.4, 0.5) is 5.69 Å². The standard InChI is InChI=1S/C19H28N2O5S/c1-14(26-18(22)12-5-9-15-7-3-2-4-8-15)19(23)21-16-10-6-11-17(13-16)27(20,24)25/h6,10-11,13-15H,2-5,7-9,12H2,1H3,(H,21,23)(H2,20,24,25)/t14-/m0/s1. The summed E-state index contributed by atoms with van der Waals surface area (Å²) < 4.78 is 27.9. The van der Waals surface area contributed by atoms with Crippen molar-refractivity contribution in [2.75, 3.05) is 5.32 Å². The molecule has 0 saturated heterocycles. The summed E-state index contributed by atoms with van der Waals surface area (Å²) in [6.07, 6.45) is 7.48. The van der Waals surface area contributed by atoms with E-state index >= 15 is 0 Å². The molecule has 1 fully saturated rings. The molecule has 0 aromatic heterocycles. The number of rotatable bonds is 8. The predicted octanol–water partition coefficient (Wildman–Crippen LogP) is 2.95. The molecule has 0 bridgehead atoms. The smallest absolute Gasteiger partial charge is 0.306 e. The highest BCUT2D eigenvalue weighted by Gasteiger charge is 2.19. The Bertz CT molecular complexity index is 757. The van der Waals surface area contributed by atoms with Gasteiger partial charge in [0.1, 0.15) is 0 Å². The Kier molecular flexibility index (Phi) is 7.79. The maximum atomic E-state index is 12.2. The van der Waals surface area contributed by atoms with Crippen LogP contribution >= 0.6 is 0 Å². The van der Waals surface area contributed by atoms with Crippen LogP contribution in [0.1, 0.15) is 58.3 Å². The van der Waals surface area contributed by atoms with Gasteiger partial charge in [0.2, 0.25) is 10.0 Å². The molecule has 1 aliphatic rings. The summed E-state index contributed by atoms with van der Waals surface area (Å²) in [7, 11) is -3.86. The topological polar surface area (TPSA) is 116 Å². The first kappa shape index (κ1) is 21.4. The number of ether oxygens (including phenoxy) is 1. The van der Waals surface area contributed by atoms with Gasteiger partial charge in [0, 0.05) is 12.1 Å². The minimum absolute atomic E-state index is 0.104. The molecule has 0 radical (unpaired) electrons. The molecule has 1 amide bonds. The van der Waals surface area contributed by atoms with Crippen LogP contribution in [0.25, 0.3) is 0 Å². The van der Waals surface area contributed by atoms with Crippen LogP contribution < -0.4 is 10.5 Å². The SMILES string of the molecule is C[C@H](OC(=O)CCCC1CCCCC1)C(=O)Nc1cccc(S(N)(=O)=O)c1. The molecule has 1 saturated carbocycles. The van der Waals surface area contributed by atoms with E-state index in [9.17, 15) is 18.0 Å². The lowest BCUT2D eigenvalue weighted by Gasteiger charge is -2.21. The Labute approximate surface area is 160 Å². The fourth-order valence-electron chi connectivity index (χ4n) is 3.32. The molecule has 1 aliphatic carbocycles. The predicted molar refractivity (Wildman–Crippen MR) is 102 cm³/mol. The van der Waals surface area contributed by atoms with Crippen molar-refractivity contribution in [3.63, 3.8) is 0 Å². The van der Waals surface area contributed by atoms with Gasteiger partial charge in [-0.2, -0.15) is 0 Å². The van der Waals surface area contributed by atoms with Gasteiger partial charge in [0.15, 0.2) is 6.10 Å². The molecule has 0 heterocycles. The molecule has 1 atom stereocenters. The molecule has 150 valence electrons. The number of primary sulfonamides is 1. The highest BCUT2D eigenvalue weighted by molar-refractivity contribution is 7.89. The molecular formula is C19H28N2O5S. The van der Waals surface area contributed by atoms with Crippen LogP contribution in [-0.2, 0) is 24.3 Å². The minimum Gasteiger partial charge on any atom is -0.453 e. The first-order valence-electron chi connectivity index (χ1n) is 9.39. The third-order valence-electron chi connectivity index (χ3n) is 4.83. The van der Waals surface area contributed by atoms with Crippen molar-refractivity contribution >= 4 is 27.6 Å². The van der Waals surface area contributed by atoms with Crippen molar-refractivity contribution < 1.29 is 22.7 Å². The first-order valence-corrected chi connectivity index (χ1v) is 10.9. The van der Waals surface area contributed by atoms with Crippen molar-refractivity contribution in [1.29, 1.82) is 0 Å². The van der Waals surface area contributed by atoms with E-state index in [-0.39, 0.29) is 10.6 Å². The normalized spacial score (nSPS) is 16.5. The van der Waals surface area contributed by atoms with Gasteiger partial charge in [-0.15, -0.1) is 0 Å². The maximum absolute atomic E-state index is 12.2. The number of nitrogens with two attached hydrogens (primary N) is 1. The van der Waals surface area contributed by atoms with Crippen molar-refractivity contribution in [2.24, 2.45) is 11.1 Å². The van der Waals surface area contributed by atoms with E-state index in [1.807, 2.05) is 0 Å². The van der Waals surface area contributed by atoms with Gasteiger partial charge in [-0.1, -0.05) is 38.2 Å². The number of nitrogens with one attached hydrogen (secondary N) is 1. The molecule has 3 N–H and O–H groups in total. The minimum atomic E-state index is -3.86. The second-order valence-electron chi connectivity index (χ2n) is 7.09. The molecule has 0 unspecified atom stereocenters. The highest BCUT2D eigenvalue weighted by atomic mass is 32.2. The van der Waals surface area contributed by atoms with Crippen LogP contribution in [0.15, 0.2) is 29.2 Å². The number of carbonyl (C=O) groups excluding carboxylic acids is 2. The lowest BCUT2D eigenvalue weighted by molar-refractivity contribution is -0.153. The summed E-state index contributed by atoms with van der Waals surface area (Å²) in [5.41, 5.74) is 0.270. The van der Waals surface area contributed by atoms with Gasteiger partial charge in [0.05, 0.1) is 4.90 Å². The Morgan fingerprint density at radius 2 is 1.96 bits per heavy atom. The molecule has 1 aromatic rings. The van der Waals surface area contributed by atoms with Crippen LogP contribution in [0.2, 0.25) is 0 Å². The van der Waals surface area contributed by atoms with E-state index in [1.54, 1.807) is 0 Å². The number of hydrogen-bond acceptors (Lipinski definition) is 5. The second kappa shape index (κ2) is 9.85. The quantitative estimate of drug-likeness (QED) is 0.656. The fourth-order valence-corrected chi connectivity index (χ4v) is 3.87. The zero-order valence-electron chi connectivity index (χ0n) is 15.6. The van der Waals surface area contributed by atoms with E-state index in [0.29, 0.717) is 12.3 Å². The van der Waals surface area contributed by atoms with Crippen LogP contribution in [0.3, 0.4) is 0 Å². The van der Waals surface area contributed by atoms with Gasteiger partial charge < -0.3 is 10.1 Å². The van der Waals surface area contributed by atoms with E-state index < -0.39 is 28.0 Å². The summed E-state index contributed by atoms with van der Waals surface area (Å²) in [5.74, 6) is -0.215. The van der Waals surface area contributed by atoms with Gasteiger partial charge >= 0.3 is 5.97 Å². The molecule has 27 heavy (non-hydrogen) atoms. The molecule has 0 aliphatic heterocycles. The molecule has 8 heteroatoms. The summed E-state index contributed by atoms with van der Waals surface area (Å²) >= 11 is 0. The largest absolute Gasteiger partial charge is 0.453 e. The number of hydrogen-bond donors (Lipinski definition) is 2. The number of carbonyl (C=O) groups is 2.